The fourth-order valence-electron chi connectivity index (χ4n) is 6.42. The number of hydrogen-bond acceptors (Lipinski definition) is 5. The van der Waals surface area contributed by atoms with Gasteiger partial charge in [0, 0.05) is 36.8 Å². The highest BCUT2D eigenvalue weighted by atomic mass is 19.4. The van der Waals surface area contributed by atoms with Crippen LogP contribution in [0.15, 0.2) is 42.7 Å². The summed E-state index contributed by atoms with van der Waals surface area (Å²) >= 11 is 0. The molecule has 6 rings (SSSR count). The number of amides is 2. The summed E-state index contributed by atoms with van der Waals surface area (Å²) in [6.07, 6.45) is -1.64. The van der Waals surface area contributed by atoms with Crippen LogP contribution in [0.2, 0.25) is 0 Å². The topological polar surface area (TPSA) is 101 Å². The van der Waals surface area contributed by atoms with Crippen molar-refractivity contribution in [2.45, 2.75) is 76.0 Å². The Morgan fingerprint density at radius 3 is 2.54 bits per heavy atom. The van der Waals surface area contributed by atoms with Gasteiger partial charge in [0.15, 0.2) is 11.4 Å². The first-order valence-electron chi connectivity index (χ1n) is 13.5. The number of rotatable bonds is 6. The number of carbonyl (C=O) groups excluding carboxylic acids is 1. The Balaban J connectivity index is 1.37. The van der Waals surface area contributed by atoms with E-state index in [9.17, 15) is 27.9 Å². The highest BCUT2D eigenvalue weighted by Gasteiger charge is 2.50. The third-order valence-corrected chi connectivity index (χ3v) is 8.73. The Labute approximate surface area is 234 Å². The molecule has 2 amide bonds. The zero-order valence-corrected chi connectivity index (χ0v) is 22.9. The van der Waals surface area contributed by atoms with Crippen LogP contribution in [0.3, 0.4) is 0 Å². The van der Waals surface area contributed by atoms with E-state index >= 15 is 0 Å². The van der Waals surface area contributed by atoms with Crippen LogP contribution in [-0.4, -0.2) is 48.4 Å². The summed E-state index contributed by atoms with van der Waals surface area (Å²) < 4.78 is 50.9. The lowest BCUT2D eigenvalue weighted by molar-refractivity contribution is -0.184. The maximum absolute atomic E-state index is 14.3. The van der Waals surface area contributed by atoms with Crippen LogP contribution in [0.5, 0.6) is 0 Å². The van der Waals surface area contributed by atoms with Gasteiger partial charge in [-0.2, -0.15) is 13.2 Å². The van der Waals surface area contributed by atoms with Gasteiger partial charge < -0.3 is 19.3 Å². The van der Waals surface area contributed by atoms with Crippen LogP contribution < -0.4 is 4.90 Å². The van der Waals surface area contributed by atoms with Gasteiger partial charge in [-0.15, -0.1) is 10.2 Å². The maximum Gasteiger partial charge on any atom is 0.416 e. The summed E-state index contributed by atoms with van der Waals surface area (Å²) in [6.45, 7) is 3.23. The Kier molecular flexibility index (Phi) is 6.18. The molecule has 0 spiro atoms. The van der Waals surface area contributed by atoms with E-state index in [2.05, 4.69) is 10.2 Å². The second kappa shape index (κ2) is 9.30. The number of aromatic nitrogens is 3. The van der Waals surface area contributed by atoms with Crippen LogP contribution in [0.25, 0.3) is 0 Å². The van der Waals surface area contributed by atoms with Crippen molar-refractivity contribution in [1.82, 2.24) is 19.7 Å². The van der Waals surface area contributed by atoms with Gasteiger partial charge in [0.05, 0.1) is 18.2 Å². The molecular weight excluding hydrogens is 539 g/mol. The van der Waals surface area contributed by atoms with Gasteiger partial charge >= 0.3 is 12.3 Å². The third kappa shape index (κ3) is 4.35. The smallest absolute Gasteiger partial charge is 0.416 e. The van der Waals surface area contributed by atoms with E-state index in [-0.39, 0.29) is 35.9 Å². The van der Waals surface area contributed by atoms with Gasteiger partial charge in [-0.05, 0) is 74.1 Å². The number of nitrogens with zero attached hydrogens (tertiary/aromatic N) is 5. The van der Waals surface area contributed by atoms with Gasteiger partial charge in [-0.3, -0.25) is 9.69 Å². The van der Waals surface area contributed by atoms with Crippen molar-refractivity contribution in [3.8, 4) is 0 Å². The van der Waals surface area contributed by atoms with E-state index in [1.165, 1.54) is 15.9 Å². The second-order valence-electron chi connectivity index (χ2n) is 11.6. The van der Waals surface area contributed by atoms with Crippen molar-refractivity contribution in [2.75, 3.05) is 4.90 Å². The number of ether oxygens (including phenoxy) is 1. The normalized spacial score (nSPS) is 23.1. The SMILES string of the molecule is C[C@H]1C[C@](c2cccc(N3Cc4c(cc(CN(C(=O)O)C5(C)CCC5)cc4C(F)(F)F)C3=O)c2)(c2nncn2C)O1. The van der Waals surface area contributed by atoms with E-state index in [0.29, 0.717) is 30.8 Å². The number of fused-ring (bicyclic) bond motifs is 1. The lowest BCUT2D eigenvalue weighted by Crippen LogP contribution is -2.53. The number of carbonyl (C=O) groups is 2. The highest BCUT2D eigenvalue weighted by Crippen LogP contribution is 2.48. The van der Waals surface area contributed by atoms with Gasteiger partial charge in [-0.1, -0.05) is 12.1 Å². The van der Waals surface area contributed by atoms with Gasteiger partial charge in [0.2, 0.25) is 0 Å². The first kappa shape index (κ1) is 27.3. The molecular formula is C29H30F3N5O4. The molecule has 2 atom stereocenters. The van der Waals surface area contributed by atoms with E-state index in [0.717, 1.165) is 18.1 Å². The van der Waals surface area contributed by atoms with Crippen LogP contribution in [0.1, 0.15) is 78.0 Å². The van der Waals surface area contributed by atoms with Crippen LogP contribution in [0.4, 0.5) is 23.7 Å². The lowest BCUT2D eigenvalue weighted by Gasteiger charge is -2.46. The van der Waals surface area contributed by atoms with E-state index in [4.69, 9.17) is 4.74 Å². The Morgan fingerprint density at radius 2 is 1.98 bits per heavy atom. The van der Waals surface area contributed by atoms with Gasteiger partial charge in [0.1, 0.15) is 6.33 Å². The minimum Gasteiger partial charge on any atom is -0.465 e. The predicted octanol–water partition coefficient (Wildman–Crippen LogP) is 5.47. The first-order valence-corrected chi connectivity index (χ1v) is 13.5. The summed E-state index contributed by atoms with van der Waals surface area (Å²) in [5.41, 5.74) is -1.36. The summed E-state index contributed by atoms with van der Waals surface area (Å²) in [6, 6.07) is 9.41. The molecule has 1 aromatic heterocycles. The molecule has 216 valence electrons. The number of hydrogen-bond donors (Lipinski definition) is 1. The Hall–Kier alpha value is -3.93. The average molecular weight is 570 g/mol. The van der Waals surface area contributed by atoms with Gasteiger partial charge in [0.25, 0.3) is 5.91 Å². The molecule has 1 saturated heterocycles. The number of benzene rings is 2. The van der Waals surface area contributed by atoms with Crippen molar-refractivity contribution in [3.05, 3.63) is 76.4 Å². The highest BCUT2D eigenvalue weighted by molar-refractivity contribution is 6.10. The van der Waals surface area contributed by atoms with Crippen LogP contribution in [-0.2, 0) is 36.7 Å². The molecule has 2 aromatic carbocycles. The second-order valence-corrected chi connectivity index (χ2v) is 11.6. The minimum absolute atomic E-state index is 0.0339. The van der Waals surface area contributed by atoms with Crippen molar-refractivity contribution < 1.29 is 32.6 Å². The largest absolute Gasteiger partial charge is 0.465 e. The summed E-state index contributed by atoms with van der Waals surface area (Å²) in [7, 11) is 1.81. The predicted molar refractivity (Wildman–Crippen MR) is 141 cm³/mol. The molecule has 41 heavy (non-hydrogen) atoms. The average Bonchev–Trinajstić information content (AvgIpc) is 3.46. The number of aryl methyl sites for hydroxylation is 1. The Bertz CT molecular complexity index is 1540. The first-order chi connectivity index (χ1) is 19.3. The van der Waals surface area contributed by atoms with E-state index < -0.39 is 34.9 Å². The van der Waals surface area contributed by atoms with Gasteiger partial charge in [-0.25, -0.2) is 4.79 Å². The Morgan fingerprint density at radius 1 is 1.24 bits per heavy atom. The quantitative estimate of drug-likeness (QED) is 0.423. The molecule has 0 radical (unpaired) electrons. The minimum atomic E-state index is -4.72. The summed E-state index contributed by atoms with van der Waals surface area (Å²) in [4.78, 5) is 28.2. The number of halogens is 3. The van der Waals surface area contributed by atoms with Crippen molar-refractivity contribution >= 4 is 17.7 Å². The molecule has 3 heterocycles. The molecule has 1 N–H and O–H groups in total. The van der Waals surface area contributed by atoms with E-state index in [1.54, 1.807) is 43.1 Å². The summed E-state index contributed by atoms with van der Waals surface area (Å²) in [5, 5.41) is 18.0. The lowest BCUT2D eigenvalue weighted by atomic mass is 9.77. The molecule has 2 fully saturated rings. The van der Waals surface area contributed by atoms with Crippen molar-refractivity contribution in [2.24, 2.45) is 7.05 Å². The molecule has 0 unspecified atom stereocenters. The molecule has 1 saturated carbocycles. The fourth-order valence-corrected chi connectivity index (χ4v) is 6.42. The van der Waals surface area contributed by atoms with Crippen LogP contribution in [0, 0.1) is 0 Å². The molecule has 1 aliphatic carbocycles. The third-order valence-electron chi connectivity index (χ3n) is 8.73. The number of anilines is 1. The molecule has 12 heteroatoms. The summed E-state index contributed by atoms with van der Waals surface area (Å²) in [5.74, 6) is 0.0211. The fraction of sp³-hybridized carbons (Fsp3) is 0.448. The molecule has 9 nitrogen and oxygen atoms in total. The monoisotopic (exact) mass is 569 g/mol. The molecule has 3 aliphatic rings. The van der Waals surface area contributed by atoms with Crippen LogP contribution >= 0.6 is 0 Å². The maximum atomic E-state index is 14.3. The van der Waals surface area contributed by atoms with Crippen molar-refractivity contribution in [3.63, 3.8) is 0 Å². The number of alkyl halides is 3. The molecule has 3 aromatic rings. The van der Waals surface area contributed by atoms with Crippen molar-refractivity contribution in [1.29, 1.82) is 0 Å². The zero-order valence-electron chi connectivity index (χ0n) is 22.9. The zero-order chi connectivity index (χ0) is 29.3. The van der Waals surface area contributed by atoms with E-state index in [1.807, 2.05) is 13.0 Å². The molecule has 0 bridgehead atoms. The standard InChI is InChI=1S/C29H30F3N5O4/c1-17-13-28(41-17,25-34-33-16-35(25)3)19-6-4-7-20(12-19)36-15-22-21(24(36)38)10-18(11-23(22)29(30,31)32)14-37(26(39)40)27(2)8-5-9-27/h4,6-7,10-12,16-17H,5,8-9,13-15H2,1-3H3,(H,39,40)/t17-,28-/m0/s1. The molecule has 2 aliphatic heterocycles. The number of carboxylic acid groups (broad SMARTS) is 1.